The van der Waals surface area contributed by atoms with Crippen molar-refractivity contribution in [1.82, 2.24) is 19.9 Å². The van der Waals surface area contributed by atoms with Crippen LogP contribution in [-0.4, -0.2) is 46.3 Å². The smallest absolute Gasteiger partial charge is 0.135 e. The summed E-state index contributed by atoms with van der Waals surface area (Å²) >= 11 is 1.66. The van der Waals surface area contributed by atoms with Crippen molar-refractivity contribution < 1.29 is 9.18 Å². The lowest BCUT2D eigenvalue weighted by Crippen LogP contribution is -2.31. The van der Waals surface area contributed by atoms with Crippen molar-refractivity contribution >= 4 is 39.2 Å². The number of benzene rings is 1. The van der Waals surface area contributed by atoms with Gasteiger partial charge in [0.15, 0.2) is 0 Å². The molecule has 0 spiro atoms. The van der Waals surface area contributed by atoms with E-state index in [1.165, 1.54) is 19.1 Å². The van der Waals surface area contributed by atoms with Crippen molar-refractivity contribution in [2.45, 2.75) is 25.7 Å². The fourth-order valence-electron chi connectivity index (χ4n) is 4.02. The SMILES string of the molecule is CC=O.CN1CCCC(c2nc(Nc3cccc(F)c3)cc(-c3csc4cnccc34)n2)C1. The highest BCUT2D eigenvalue weighted by Gasteiger charge is 2.23. The Morgan fingerprint density at radius 3 is 2.88 bits per heavy atom. The van der Waals surface area contributed by atoms with E-state index in [2.05, 4.69) is 27.6 Å². The molecular formula is C25H26FN5OS. The van der Waals surface area contributed by atoms with Gasteiger partial charge in [-0.05, 0) is 57.6 Å². The first-order valence-electron chi connectivity index (χ1n) is 10.9. The van der Waals surface area contributed by atoms with Gasteiger partial charge in [0.05, 0.1) is 10.4 Å². The maximum absolute atomic E-state index is 13.7. The third-order valence-electron chi connectivity index (χ3n) is 5.48. The number of piperidine rings is 1. The summed E-state index contributed by atoms with van der Waals surface area (Å²) in [6.07, 6.45) is 6.65. The maximum atomic E-state index is 13.7. The quantitative estimate of drug-likeness (QED) is 0.394. The number of aldehydes is 1. The molecule has 1 aromatic carbocycles. The highest BCUT2D eigenvalue weighted by molar-refractivity contribution is 7.17. The summed E-state index contributed by atoms with van der Waals surface area (Å²) in [7, 11) is 2.14. The Morgan fingerprint density at radius 1 is 1.24 bits per heavy atom. The average Bonchev–Trinajstić information content (AvgIpc) is 3.24. The van der Waals surface area contributed by atoms with Crippen LogP contribution in [0.25, 0.3) is 21.3 Å². The lowest BCUT2D eigenvalue weighted by Gasteiger charge is -2.29. The van der Waals surface area contributed by atoms with E-state index in [4.69, 9.17) is 14.8 Å². The zero-order chi connectivity index (χ0) is 23.2. The first-order chi connectivity index (χ1) is 16.1. The van der Waals surface area contributed by atoms with Crippen LogP contribution in [0, 0.1) is 5.82 Å². The second kappa shape index (κ2) is 10.6. The zero-order valence-electron chi connectivity index (χ0n) is 18.7. The zero-order valence-corrected chi connectivity index (χ0v) is 19.5. The minimum absolute atomic E-state index is 0.278. The average molecular weight is 464 g/mol. The molecule has 0 saturated carbocycles. The van der Waals surface area contributed by atoms with Crippen LogP contribution in [0.5, 0.6) is 0 Å². The Balaban J connectivity index is 0.000000821. The van der Waals surface area contributed by atoms with Crippen LogP contribution in [0.3, 0.4) is 0 Å². The Bertz CT molecular complexity index is 1240. The lowest BCUT2D eigenvalue weighted by atomic mass is 9.97. The monoisotopic (exact) mass is 463 g/mol. The molecule has 170 valence electrons. The number of anilines is 2. The lowest BCUT2D eigenvalue weighted by molar-refractivity contribution is -0.106. The summed E-state index contributed by atoms with van der Waals surface area (Å²) in [6, 6.07) is 10.4. The van der Waals surface area contributed by atoms with Crippen LogP contribution in [0.1, 0.15) is 31.5 Å². The van der Waals surface area contributed by atoms with Crippen LogP contribution in [0.2, 0.25) is 0 Å². The molecular weight excluding hydrogens is 437 g/mol. The number of hydrogen-bond donors (Lipinski definition) is 1. The minimum Gasteiger partial charge on any atom is -0.340 e. The molecule has 0 amide bonds. The van der Waals surface area contributed by atoms with E-state index < -0.39 is 0 Å². The standard InChI is InChI=1S/C23H22FN5S.C2H4O/c1-29-9-3-4-15(13-29)23-27-20(19-14-30-21-12-25-8-7-18(19)21)11-22(28-23)26-17-6-2-5-16(24)10-17;1-2-3/h2,5-8,10-12,14-15H,3-4,9,13H2,1H3,(H,26,27,28);2H,1H3. The molecule has 4 heterocycles. The van der Waals surface area contributed by atoms with Crippen molar-refractivity contribution in [3.05, 3.63) is 65.8 Å². The van der Waals surface area contributed by atoms with Gasteiger partial charge in [-0.1, -0.05) is 6.07 Å². The molecule has 6 nitrogen and oxygen atoms in total. The van der Waals surface area contributed by atoms with E-state index in [1.807, 2.05) is 30.6 Å². The number of nitrogens with one attached hydrogen (secondary N) is 1. The molecule has 1 aliphatic rings. The number of thiophene rings is 1. The number of nitrogens with zero attached hydrogens (tertiary/aromatic N) is 4. The van der Waals surface area contributed by atoms with E-state index in [-0.39, 0.29) is 11.7 Å². The van der Waals surface area contributed by atoms with Crippen LogP contribution in [-0.2, 0) is 4.79 Å². The summed E-state index contributed by atoms with van der Waals surface area (Å²) in [5.41, 5.74) is 2.63. The topological polar surface area (TPSA) is 71.0 Å². The van der Waals surface area contributed by atoms with E-state index in [0.29, 0.717) is 11.5 Å². The van der Waals surface area contributed by atoms with Crippen molar-refractivity contribution in [3.8, 4) is 11.3 Å². The molecule has 4 aromatic rings. The third-order valence-corrected chi connectivity index (χ3v) is 6.42. The van der Waals surface area contributed by atoms with Crippen LogP contribution in [0.4, 0.5) is 15.9 Å². The van der Waals surface area contributed by atoms with E-state index in [0.717, 1.165) is 59.4 Å². The summed E-state index contributed by atoms with van der Waals surface area (Å²) in [4.78, 5) is 25.2. The largest absolute Gasteiger partial charge is 0.340 e. The molecule has 3 aromatic heterocycles. The number of pyridine rings is 1. The summed E-state index contributed by atoms with van der Waals surface area (Å²) in [6.45, 7) is 3.49. The van der Waals surface area contributed by atoms with Crippen LogP contribution < -0.4 is 5.32 Å². The molecule has 33 heavy (non-hydrogen) atoms. The number of hydrogen-bond acceptors (Lipinski definition) is 7. The van der Waals surface area contributed by atoms with E-state index in [9.17, 15) is 4.39 Å². The van der Waals surface area contributed by atoms with Crippen molar-refractivity contribution in [3.63, 3.8) is 0 Å². The third kappa shape index (κ3) is 5.58. The first kappa shape index (κ1) is 22.9. The number of aromatic nitrogens is 3. The van der Waals surface area contributed by atoms with Gasteiger partial charge in [0, 0.05) is 52.9 Å². The number of carbonyl (C=O) groups excluding carboxylic acids is 1. The predicted molar refractivity (Wildman–Crippen MR) is 132 cm³/mol. The number of likely N-dealkylation sites (tertiary alicyclic amines) is 1. The van der Waals surface area contributed by atoms with Gasteiger partial charge < -0.3 is 15.0 Å². The Labute approximate surface area is 196 Å². The van der Waals surface area contributed by atoms with Gasteiger partial charge in [0.25, 0.3) is 0 Å². The molecule has 0 radical (unpaired) electrons. The number of likely N-dealkylation sites (N-methyl/N-ethyl adjacent to an activating group) is 1. The van der Waals surface area contributed by atoms with E-state index in [1.54, 1.807) is 17.4 Å². The molecule has 1 N–H and O–H groups in total. The van der Waals surface area contributed by atoms with Crippen molar-refractivity contribution in [2.75, 3.05) is 25.5 Å². The Hall–Kier alpha value is -3.23. The second-order valence-corrected chi connectivity index (χ2v) is 8.90. The number of fused-ring (bicyclic) bond motifs is 1. The van der Waals surface area contributed by atoms with Crippen molar-refractivity contribution in [1.29, 1.82) is 0 Å². The summed E-state index contributed by atoms with van der Waals surface area (Å²) in [5, 5.41) is 6.53. The number of carbonyl (C=O) groups is 1. The molecule has 5 rings (SSSR count). The summed E-state index contributed by atoms with van der Waals surface area (Å²) in [5.74, 6) is 1.52. The molecule has 8 heteroatoms. The molecule has 1 aliphatic heterocycles. The van der Waals surface area contributed by atoms with Gasteiger partial charge in [0.2, 0.25) is 0 Å². The number of halogens is 1. The number of rotatable bonds is 4. The van der Waals surface area contributed by atoms with E-state index >= 15 is 0 Å². The molecule has 1 atom stereocenters. The maximum Gasteiger partial charge on any atom is 0.135 e. The van der Waals surface area contributed by atoms with Gasteiger partial charge in [0.1, 0.15) is 23.7 Å². The normalized spacial score (nSPS) is 16.2. The van der Waals surface area contributed by atoms with Gasteiger partial charge in [-0.3, -0.25) is 4.98 Å². The van der Waals surface area contributed by atoms with Gasteiger partial charge in [-0.25, -0.2) is 14.4 Å². The Morgan fingerprint density at radius 2 is 2.09 bits per heavy atom. The fraction of sp³-hybridized carbons (Fsp3) is 0.280. The van der Waals surface area contributed by atoms with Gasteiger partial charge in [-0.2, -0.15) is 0 Å². The van der Waals surface area contributed by atoms with Gasteiger partial charge in [-0.15, -0.1) is 11.3 Å². The second-order valence-electron chi connectivity index (χ2n) is 7.99. The molecule has 1 saturated heterocycles. The molecule has 0 bridgehead atoms. The first-order valence-corrected chi connectivity index (χ1v) is 11.8. The predicted octanol–water partition coefficient (Wildman–Crippen LogP) is 5.65. The van der Waals surface area contributed by atoms with Crippen molar-refractivity contribution in [2.24, 2.45) is 0 Å². The highest BCUT2D eigenvalue weighted by atomic mass is 32.1. The van der Waals surface area contributed by atoms with Gasteiger partial charge >= 0.3 is 0 Å². The fourth-order valence-corrected chi connectivity index (χ4v) is 4.94. The summed E-state index contributed by atoms with van der Waals surface area (Å²) < 4.78 is 14.8. The molecule has 1 unspecified atom stereocenters. The minimum atomic E-state index is -0.278. The van der Waals surface area contributed by atoms with Crippen LogP contribution >= 0.6 is 11.3 Å². The molecule has 0 aliphatic carbocycles. The Kier molecular flexibility index (Phi) is 7.36. The molecule has 1 fully saturated rings. The highest BCUT2D eigenvalue weighted by Crippen LogP contribution is 2.35. The van der Waals surface area contributed by atoms with Crippen LogP contribution in [0.15, 0.2) is 54.2 Å².